The Hall–Kier alpha value is -0.790. The number of carbonyl (C=O) groups excluding carboxylic acids is 1. The van der Waals surface area contributed by atoms with Gasteiger partial charge < -0.3 is 4.74 Å². The number of carbonyl (C=O) groups is 1. The SMILES string of the molecule is C=CC[C@@H]1[C@@H](C2(C)CCC(OC(C)=O)CC2)CC[C@]2(C)[C@@H]([C@H](C)CCCC(C)C)CC[C@@H]12. The van der Waals surface area contributed by atoms with Crippen molar-refractivity contribution in [2.45, 2.75) is 125 Å². The Kier molecular flexibility index (Phi) is 8.59. The Morgan fingerprint density at radius 1 is 1.00 bits per heavy atom. The molecular formula is C30H52O2. The van der Waals surface area contributed by atoms with Gasteiger partial charge in [-0.2, -0.15) is 0 Å². The second-order valence-corrected chi connectivity index (χ2v) is 12.9. The van der Waals surface area contributed by atoms with Gasteiger partial charge in [0.15, 0.2) is 0 Å². The van der Waals surface area contributed by atoms with Crippen molar-refractivity contribution in [1.29, 1.82) is 0 Å². The molecule has 3 aliphatic carbocycles. The van der Waals surface area contributed by atoms with Gasteiger partial charge in [-0.05, 0) is 104 Å². The lowest BCUT2D eigenvalue weighted by Crippen LogP contribution is -2.48. The van der Waals surface area contributed by atoms with E-state index >= 15 is 0 Å². The zero-order chi connectivity index (χ0) is 23.5. The summed E-state index contributed by atoms with van der Waals surface area (Å²) < 4.78 is 5.56. The minimum absolute atomic E-state index is 0.115. The summed E-state index contributed by atoms with van der Waals surface area (Å²) in [6.45, 7) is 18.2. The zero-order valence-electron chi connectivity index (χ0n) is 22.1. The predicted octanol–water partition coefficient (Wildman–Crippen LogP) is 8.60. The molecule has 0 bridgehead atoms. The van der Waals surface area contributed by atoms with Gasteiger partial charge in [0.25, 0.3) is 0 Å². The molecule has 0 saturated heterocycles. The number of fused-ring (bicyclic) bond motifs is 1. The fraction of sp³-hybridized carbons (Fsp3) is 0.900. The van der Waals surface area contributed by atoms with Crippen molar-refractivity contribution in [1.82, 2.24) is 0 Å². The molecule has 2 nitrogen and oxygen atoms in total. The second kappa shape index (κ2) is 10.6. The number of ether oxygens (including phenoxy) is 1. The average molecular weight is 445 g/mol. The van der Waals surface area contributed by atoms with Gasteiger partial charge in [-0.15, -0.1) is 6.58 Å². The monoisotopic (exact) mass is 444 g/mol. The first-order valence-corrected chi connectivity index (χ1v) is 13.9. The van der Waals surface area contributed by atoms with Gasteiger partial charge in [0.1, 0.15) is 6.10 Å². The van der Waals surface area contributed by atoms with Crippen molar-refractivity contribution < 1.29 is 9.53 Å². The molecule has 3 saturated carbocycles. The molecule has 0 spiro atoms. The van der Waals surface area contributed by atoms with Gasteiger partial charge in [-0.1, -0.05) is 60.0 Å². The molecule has 0 radical (unpaired) electrons. The Labute approximate surface area is 199 Å². The second-order valence-electron chi connectivity index (χ2n) is 12.9. The van der Waals surface area contributed by atoms with E-state index in [2.05, 4.69) is 47.3 Å². The number of esters is 1. The van der Waals surface area contributed by atoms with E-state index in [1.54, 1.807) is 6.92 Å². The van der Waals surface area contributed by atoms with Crippen molar-refractivity contribution in [3.63, 3.8) is 0 Å². The van der Waals surface area contributed by atoms with E-state index < -0.39 is 0 Å². The molecule has 0 amide bonds. The third-order valence-electron chi connectivity index (χ3n) is 10.4. The normalized spacial score (nSPS) is 40.7. The summed E-state index contributed by atoms with van der Waals surface area (Å²) in [5, 5.41) is 0. The molecular weight excluding hydrogens is 392 g/mol. The molecule has 0 aromatic heterocycles. The van der Waals surface area contributed by atoms with Crippen LogP contribution in [0.15, 0.2) is 12.7 Å². The average Bonchev–Trinajstić information content (AvgIpc) is 3.07. The first-order valence-electron chi connectivity index (χ1n) is 13.9. The highest BCUT2D eigenvalue weighted by atomic mass is 16.5. The Balaban J connectivity index is 1.70. The van der Waals surface area contributed by atoms with Gasteiger partial charge in [-0.25, -0.2) is 0 Å². The maximum atomic E-state index is 11.4. The van der Waals surface area contributed by atoms with Gasteiger partial charge in [0.2, 0.25) is 0 Å². The molecule has 3 rings (SSSR count). The van der Waals surface area contributed by atoms with Crippen LogP contribution in [0.3, 0.4) is 0 Å². The smallest absolute Gasteiger partial charge is 0.302 e. The minimum atomic E-state index is -0.115. The maximum absolute atomic E-state index is 11.4. The quantitative estimate of drug-likeness (QED) is 0.263. The van der Waals surface area contributed by atoms with Crippen LogP contribution in [0, 0.1) is 46.3 Å². The minimum Gasteiger partial charge on any atom is -0.463 e. The summed E-state index contributed by atoms with van der Waals surface area (Å²) in [4.78, 5) is 11.4. The van der Waals surface area contributed by atoms with Crippen molar-refractivity contribution in [2.24, 2.45) is 46.3 Å². The third kappa shape index (κ3) is 5.47. The van der Waals surface area contributed by atoms with Crippen LogP contribution >= 0.6 is 0 Å². The van der Waals surface area contributed by atoms with Gasteiger partial charge >= 0.3 is 5.97 Å². The van der Waals surface area contributed by atoms with E-state index in [1.165, 1.54) is 64.2 Å². The lowest BCUT2D eigenvalue weighted by molar-refractivity contribution is -0.150. The van der Waals surface area contributed by atoms with E-state index in [9.17, 15) is 4.79 Å². The fourth-order valence-electron chi connectivity index (χ4n) is 8.67. The standard InChI is InChI=1S/C30H52O2/c1-8-10-25-27(29(6)18-15-24(16-19-29)32-23(5)31)17-20-30(7)26(13-14-28(25)30)22(4)12-9-11-21(2)3/h8,21-22,24-28H,1,9-20H2,2-7H3/t22-,24?,25-,26-,27+,28+,29?,30-/m1/s1. The maximum Gasteiger partial charge on any atom is 0.302 e. The van der Waals surface area contributed by atoms with Crippen LogP contribution in [0.2, 0.25) is 0 Å². The summed E-state index contributed by atoms with van der Waals surface area (Å²) in [6, 6.07) is 0. The van der Waals surface area contributed by atoms with Gasteiger partial charge in [-0.3, -0.25) is 4.79 Å². The van der Waals surface area contributed by atoms with Crippen molar-refractivity contribution >= 4 is 5.97 Å². The fourth-order valence-corrected chi connectivity index (χ4v) is 8.67. The molecule has 2 heteroatoms. The first-order chi connectivity index (χ1) is 15.1. The van der Waals surface area contributed by atoms with E-state index in [0.717, 1.165) is 48.3 Å². The molecule has 6 atom stereocenters. The molecule has 3 fully saturated rings. The Bertz CT molecular complexity index is 629. The summed E-state index contributed by atoms with van der Waals surface area (Å²) in [6.07, 6.45) is 17.9. The van der Waals surface area contributed by atoms with E-state index in [4.69, 9.17) is 4.74 Å². The summed E-state index contributed by atoms with van der Waals surface area (Å²) >= 11 is 0. The summed E-state index contributed by atoms with van der Waals surface area (Å²) in [5.74, 6) is 4.93. The number of allylic oxidation sites excluding steroid dienone is 1. The Morgan fingerprint density at radius 2 is 1.69 bits per heavy atom. The Morgan fingerprint density at radius 3 is 2.28 bits per heavy atom. The van der Waals surface area contributed by atoms with Crippen LogP contribution in [-0.4, -0.2) is 12.1 Å². The third-order valence-corrected chi connectivity index (χ3v) is 10.4. The predicted molar refractivity (Wildman–Crippen MR) is 135 cm³/mol. The van der Waals surface area contributed by atoms with Crippen molar-refractivity contribution in [3.05, 3.63) is 12.7 Å². The van der Waals surface area contributed by atoms with Gasteiger partial charge in [0, 0.05) is 6.92 Å². The summed E-state index contributed by atoms with van der Waals surface area (Å²) in [5.41, 5.74) is 0.916. The van der Waals surface area contributed by atoms with E-state index in [-0.39, 0.29) is 12.1 Å². The van der Waals surface area contributed by atoms with Gasteiger partial charge in [0.05, 0.1) is 0 Å². The van der Waals surface area contributed by atoms with Crippen LogP contribution in [0.25, 0.3) is 0 Å². The molecule has 0 N–H and O–H groups in total. The van der Waals surface area contributed by atoms with Crippen LogP contribution in [0.4, 0.5) is 0 Å². The largest absolute Gasteiger partial charge is 0.463 e. The lowest BCUT2D eigenvalue weighted by atomic mass is 9.49. The lowest BCUT2D eigenvalue weighted by Gasteiger charge is -2.56. The van der Waals surface area contributed by atoms with E-state index in [0.29, 0.717) is 10.8 Å². The summed E-state index contributed by atoms with van der Waals surface area (Å²) in [7, 11) is 0. The zero-order valence-corrected chi connectivity index (χ0v) is 22.1. The molecule has 0 aromatic carbocycles. The molecule has 0 aliphatic heterocycles. The van der Waals surface area contributed by atoms with Crippen LogP contribution in [0.1, 0.15) is 119 Å². The van der Waals surface area contributed by atoms with E-state index in [1.807, 2.05) is 0 Å². The molecule has 0 heterocycles. The van der Waals surface area contributed by atoms with Crippen molar-refractivity contribution in [2.75, 3.05) is 0 Å². The molecule has 0 aromatic rings. The highest BCUT2D eigenvalue weighted by Gasteiger charge is 2.57. The van der Waals surface area contributed by atoms with Crippen LogP contribution in [0.5, 0.6) is 0 Å². The highest BCUT2D eigenvalue weighted by molar-refractivity contribution is 5.66. The number of rotatable bonds is 9. The van der Waals surface area contributed by atoms with Crippen LogP contribution in [-0.2, 0) is 9.53 Å². The first kappa shape index (κ1) is 25.8. The number of hydrogen-bond donors (Lipinski definition) is 0. The topological polar surface area (TPSA) is 26.3 Å². The molecule has 32 heavy (non-hydrogen) atoms. The van der Waals surface area contributed by atoms with Crippen LogP contribution < -0.4 is 0 Å². The molecule has 184 valence electrons. The molecule has 3 aliphatic rings. The molecule has 0 unspecified atom stereocenters. The van der Waals surface area contributed by atoms with Crippen molar-refractivity contribution in [3.8, 4) is 0 Å². The number of hydrogen-bond acceptors (Lipinski definition) is 2. The highest BCUT2D eigenvalue weighted by Crippen LogP contribution is 2.65.